The number of nitrogens with one attached hydrogen (secondary N) is 1. The van der Waals surface area contributed by atoms with Gasteiger partial charge in [-0.25, -0.2) is 13.6 Å². The Hall–Kier alpha value is 0.120. The van der Waals surface area contributed by atoms with Crippen LogP contribution in [0.5, 0.6) is 0 Å². The van der Waals surface area contributed by atoms with Crippen LogP contribution >= 0.6 is 12.4 Å². The summed E-state index contributed by atoms with van der Waals surface area (Å²) in [6.45, 7) is 4.88. The van der Waals surface area contributed by atoms with Gasteiger partial charge in [0.15, 0.2) is 0 Å². The minimum absolute atomic E-state index is 0. The van der Waals surface area contributed by atoms with Gasteiger partial charge in [0.2, 0.25) is 10.0 Å². The summed E-state index contributed by atoms with van der Waals surface area (Å²) in [5, 5.41) is 8.24. The molecule has 2 aliphatic heterocycles. The Labute approximate surface area is 116 Å². The summed E-state index contributed by atoms with van der Waals surface area (Å²) in [5.74, 6) is 0.718. The molecule has 2 fully saturated rings. The molecule has 0 bridgehead atoms. The van der Waals surface area contributed by atoms with Crippen molar-refractivity contribution in [3.8, 4) is 0 Å². The van der Waals surface area contributed by atoms with Crippen molar-refractivity contribution in [3.05, 3.63) is 0 Å². The van der Waals surface area contributed by atoms with Crippen LogP contribution in [0.2, 0.25) is 0 Å². The first kappa shape index (κ1) is 16.2. The number of primary sulfonamides is 1. The molecule has 2 saturated heterocycles. The summed E-state index contributed by atoms with van der Waals surface area (Å²) >= 11 is 0. The molecule has 2 rings (SSSR count). The number of nitrogens with zero attached hydrogens (tertiary/aromatic N) is 1. The van der Waals surface area contributed by atoms with E-state index in [1.165, 1.54) is 12.8 Å². The van der Waals surface area contributed by atoms with Crippen LogP contribution in [0.1, 0.15) is 25.7 Å². The predicted molar refractivity (Wildman–Crippen MR) is 75.4 cm³/mol. The summed E-state index contributed by atoms with van der Waals surface area (Å²) in [4.78, 5) is 2.29. The number of sulfonamides is 1. The number of hydrogen-bond acceptors (Lipinski definition) is 4. The largest absolute Gasteiger partial charge is 0.317 e. The molecule has 7 heteroatoms. The highest BCUT2D eigenvalue weighted by molar-refractivity contribution is 7.89. The van der Waals surface area contributed by atoms with Crippen molar-refractivity contribution in [2.45, 2.75) is 30.9 Å². The molecule has 0 aromatic carbocycles. The molecular weight excluding hydrogens is 274 g/mol. The molecule has 1 unspecified atom stereocenters. The average molecular weight is 298 g/mol. The minimum atomic E-state index is -3.35. The highest BCUT2D eigenvalue weighted by Gasteiger charge is 2.29. The number of piperidine rings is 2. The molecule has 0 radical (unpaired) electrons. The minimum Gasteiger partial charge on any atom is -0.317 e. The monoisotopic (exact) mass is 297 g/mol. The highest BCUT2D eigenvalue weighted by atomic mass is 35.5. The van der Waals surface area contributed by atoms with E-state index < -0.39 is 10.0 Å². The second-order valence-electron chi connectivity index (χ2n) is 5.31. The average Bonchev–Trinajstić information content (AvgIpc) is 2.29. The van der Waals surface area contributed by atoms with Crippen LogP contribution < -0.4 is 10.5 Å². The molecule has 2 heterocycles. The first-order valence-corrected chi connectivity index (χ1v) is 8.11. The third-order valence-corrected chi connectivity index (χ3v) is 5.22. The van der Waals surface area contributed by atoms with Crippen LogP contribution in [-0.2, 0) is 10.0 Å². The highest BCUT2D eigenvalue weighted by Crippen LogP contribution is 2.19. The van der Waals surface area contributed by atoms with Crippen molar-refractivity contribution < 1.29 is 8.42 Å². The lowest BCUT2D eigenvalue weighted by Gasteiger charge is -2.35. The van der Waals surface area contributed by atoms with Crippen molar-refractivity contribution in [2.24, 2.45) is 11.1 Å². The quantitative estimate of drug-likeness (QED) is 0.778. The zero-order valence-electron chi connectivity index (χ0n) is 10.7. The normalized spacial score (nSPS) is 27.7. The van der Waals surface area contributed by atoms with Gasteiger partial charge in [0.05, 0.1) is 5.25 Å². The van der Waals surface area contributed by atoms with Gasteiger partial charge in [-0.1, -0.05) is 0 Å². The lowest BCUT2D eigenvalue weighted by atomic mass is 9.96. The van der Waals surface area contributed by atoms with E-state index in [1.807, 2.05) is 0 Å². The number of hydrogen-bond donors (Lipinski definition) is 2. The summed E-state index contributed by atoms with van der Waals surface area (Å²) in [6, 6.07) is 0. The Kier molecular flexibility index (Phi) is 6.34. The lowest BCUT2D eigenvalue weighted by Crippen LogP contribution is -2.47. The molecule has 108 valence electrons. The van der Waals surface area contributed by atoms with E-state index in [4.69, 9.17) is 5.14 Å². The van der Waals surface area contributed by atoms with Crippen LogP contribution in [0.15, 0.2) is 0 Å². The van der Waals surface area contributed by atoms with Gasteiger partial charge < -0.3 is 10.2 Å². The molecule has 0 aromatic heterocycles. The van der Waals surface area contributed by atoms with Crippen LogP contribution in [0.3, 0.4) is 0 Å². The first-order chi connectivity index (χ1) is 8.05. The number of nitrogens with two attached hydrogens (primary N) is 1. The number of likely N-dealkylation sites (tertiary alicyclic amines) is 1. The summed E-state index contributed by atoms with van der Waals surface area (Å²) in [5.41, 5.74) is 0. The van der Waals surface area contributed by atoms with E-state index in [9.17, 15) is 8.42 Å². The maximum atomic E-state index is 11.4. The third-order valence-electron chi connectivity index (χ3n) is 3.90. The van der Waals surface area contributed by atoms with E-state index in [0.29, 0.717) is 6.54 Å². The van der Waals surface area contributed by atoms with Gasteiger partial charge in [-0.05, 0) is 51.2 Å². The van der Waals surface area contributed by atoms with Crippen molar-refractivity contribution in [1.82, 2.24) is 10.2 Å². The number of halogens is 1. The van der Waals surface area contributed by atoms with Crippen LogP contribution in [0, 0.1) is 5.92 Å². The van der Waals surface area contributed by atoms with Crippen molar-refractivity contribution in [2.75, 3.05) is 32.7 Å². The predicted octanol–water partition coefficient (Wildman–Crippen LogP) is 0.161. The standard InChI is InChI=1S/C11H23N3O2S.ClH/c12-17(15,16)11-2-1-7-14(9-11)8-10-3-5-13-6-4-10;/h10-11,13H,1-9H2,(H2,12,15,16);1H. The molecule has 1 atom stereocenters. The Morgan fingerprint density at radius 3 is 2.50 bits per heavy atom. The fourth-order valence-corrected chi connectivity index (χ4v) is 3.79. The van der Waals surface area contributed by atoms with E-state index in [-0.39, 0.29) is 17.7 Å². The maximum Gasteiger partial charge on any atom is 0.213 e. The molecule has 0 aliphatic carbocycles. The van der Waals surface area contributed by atoms with Crippen LogP contribution in [0.4, 0.5) is 0 Å². The van der Waals surface area contributed by atoms with E-state index >= 15 is 0 Å². The van der Waals surface area contributed by atoms with E-state index in [2.05, 4.69) is 10.2 Å². The maximum absolute atomic E-state index is 11.4. The van der Waals surface area contributed by atoms with Crippen molar-refractivity contribution in [1.29, 1.82) is 0 Å². The molecule has 3 N–H and O–H groups in total. The van der Waals surface area contributed by atoms with Gasteiger partial charge in [-0.3, -0.25) is 0 Å². The summed E-state index contributed by atoms with van der Waals surface area (Å²) < 4.78 is 22.7. The zero-order valence-corrected chi connectivity index (χ0v) is 12.3. The lowest BCUT2D eigenvalue weighted by molar-refractivity contribution is 0.179. The smallest absolute Gasteiger partial charge is 0.213 e. The Balaban J connectivity index is 0.00000162. The Bertz CT molecular complexity index is 344. The van der Waals surface area contributed by atoms with Gasteiger partial charge >= 0.3 is 0 Å². The van der Waals surface area contributed by atoms with Crippen molar-refractivity contribution >= 4 is 22.4 Å². The van der Waals surface area contributed by atoms with Crippen molar-refractivity contribution in [3.63, 3.8) is 0 Å². The van der Waals surface area contributed by atoms with E-state index in [1.54, 1.807) is 0 Å². The first-order valence-electron chi connectivity index (χ1n) is 6.50. The molecule has 0 saturated carbocycles. The van der Waals surface area contributed by atoms with Crippen LogP contribution in [-0.4, -0.2) is 51.3 Å². The molecule has 5 nitrogen and oxygen atoms in total. The topological polar surface area (TPSA) is 75.4 Å². The fraction of sp³-hybridized carbons (Fsp3) is 1.00. The third kappa shape index (κ3) is 4.66. The fourth-order valence-electron chi connectivity index (χ4n) is 2.88. The second-order valence-corrected chi connectivity index (χ2v) is 7.15. The number of rotatable bonds is 3. The molecule has 0 amide bonds. The van der Waals surface area contributed by atoms with Gasteiger partial charge in [-0.15, -0.1) is 12.4 Å². The summed E-state index contributed by atoms with van der Waals surface area (Å²) in [6.07, 6.45) is 4.08. The van der Waals surface area contributed by atoms with Gasteiger partial charge in [0.1, 0.15) is 0 Å². The van der Waals surface area contributed by atoms with E-state index in [0.717, 1.165) is 44.9 Å². The Morgan fingerprint density at radius 1 is 1.22 bits per heavy atom. The Morgan fingerprint density at radius 2 is 1.89 bits per heavy atom. The molecule has 18 heavy (non-hydrogen) atoms. The SMILES string of the molecule is Cl.NS(=O)(=O)C1CCCN(CC2CCNCC2)C1. The second kappa shape index (κ2) is 7.05. The molecule has 2 aliphatic rings. The molecule has 0 spiro atoms. The van der Waals surface area contributed by atoms with Gasteiger partial charge in [0, 0.05) is 13.1 Å². The molecule has 0 aromatic rings. The van der Waals surface area contributed by atoms with Crippen LogP contribution in [0.25, 0.3) is 0 Å². The van der Waals surface area contributed by atoms with Gasteiger partial charge in [0.25, 0.3) is 0 Å². The summed E-state index contributed by atoms with van der Waals surface area (Å²) in [7, 11) is -3.35. The molecular formula is C11H24ClN3O2S. The van der Waals surface area contributed by atoms with Gasteiger partial charge in [-0.2, -0.15) is 0 Å². The zero-order chi connectivity index (χ0) is 12.3.